The lowest BCUT2D eigenvalue weighted by molar-refractivity contribution is 0.0693. The van der Waals surface area contributed by atoms with Crippen molar-refractivity contribution in [2.45, 2.75) is 84.0 Å². The van der Waals surface area contributed by atoms with Gasteiger partial charge >= 0.3 is 5.97 Å². The number of hydrogen-bond acceptors (Lipinski definition) is 2. The number of rotatable bonds is 14. The van der Waals surface area contributed by atoms with Gasteiger partial charge < -0.3 is 10.2 Å². The maximum Gasteiger partial charge on any atom is 0.340 e. The Morgan fingerprint density at radius 2 is 1.48 bits per heavy atom. The molecule has 0 saturated carbocycles. The van der Waals surface area contributed by atoms with Crippen LogP contribution in [0, 0.1) is 0 Å². The highest BCUT2D eigenvalue weighted by atomic mass is 16.4. The second-order valence-electron chi connectivity index (χ2n) is 6.77. The first kappa shape index (κ1) is 21.3. The Labute approximate surface area is 152 Å². The molecule has 0 atom stereocenters. The molecule has 0 amide bonds. The molecule has 25 heavy (non-hydrogen) atoms. The molecule has 1 aromatic rings. The summed E-state index contributed by atoms with van der Waals surface area (Å²) in [7, 11) is 0. The molecule has 0 spiro atoms. The molecule has 0 aliphatic rings. The Hall–Kier alpha value is -1.77. The molecule has 0 unspecified atom stereocenters. The van der Waals surface area contributed by atoms with E-state index in [2.05, 4.69) is 6.92 Å². The normalized spacial score (nSPS) is 11.2. The molecule has 0 bridgehead atoms. The third-order valence-electron chi connectivity index (χ3n) is 4.56. The quantitative estimate of drug-likeness (QED) is 0.364. The minimum Gasteiger partial charge on any atom is -0.507 e. The van der Waals surface area contributed by atoms with E-state index in [4.69, 9.17) is 5.11 Å². The molecule has 0 saturated heterocycles. The summed E-state index contributed by atoms with van der Waals surface area (Å²) in [5.41, 5.74) is 0.549. The fourth-order valence-corrected chi connectivity index (χ4v) is 3.07. The Balaban J connectivity index is 2.10. The van der Waals surface area contributed by atoms with Crippen molar-refractivity contribution < 1.29 is 15.0 Å². The monoisotopic (exact) mass is 346 g/mol. The fraction of sp³-hybridized carbons (Fsp3) is 0.591. The topological polar surface area (TPSA) is 57.5 Å². The predicted molar refractivity (Wildman–Crippen MR) is 105 cm³/mol. The van der Waals surface area contributed by atoms with E-state index in [9.17, 15) is 9.90 Å². The molecule has 0 aliphatic heterocycles. The van der Waals surface area contributed by atoms with Gasteiger partial charge in [-0.25, -0.2) is 4.79 Å². The summed E-state index contributed by atoms with van der Waals surface area (Å²) in [4.78, 5) is 11.2. The summed E-state index contributed by atoms with van der Waals surface area (Å²) < 4.78 is 0. The van der Waals surface area contributed by atoms with Crippen molar-refractivity contribution in [3.8, 4) is 5.75 Å². The lowest BCUT2D eigenvalue weighted by atomic mass is 10.0. The number of carboxylic acids is 1. The average molecular weight is 347 g/mol. The summed E-state index contributed by atoms with van der Waals surface area (Å²) in [5, 5.41) is 18.8. The molecule has 1 aromatic carbocycles. The van der Waals surface area contributed by atoms with Crippen LogP contribution in [-0.4, -0.2) is 16.2 Å². The van der Waals surface area contributed by atoms with Gasteiger partial charge in [0.05, 0.1) is 0 Å². The third-order valence-corrected chi connectivity index (χ3v) is 4.56. The van der Waals surface area contributed by atoms with Gasteiger partial charge in [-0.2, -0.15) is 0 Å². The molecule has 140 valence electrons. The van der Waals surface area contributed by atoms with E-state index in [1.165, 1.54) is 70.3 Å². The van der Waals surface area contributed by atoms with Gasteiger partial charge in [-0.3, -0.25) is 0 Å². The summed E-state index contributed by atoms with van der Waals surface area (Å²) in [5.74, 6) is -1.27. The largest absolute Gasteiger partial charge is 0.507 e. The van der Waals surface area contributed by atoms with Crippen LogP contribution < -0.4 is 0 Å². The van der Waals surface area contributed by atoms with Crippen molar-refractivity contribution in [2.24, 2.45) is 0 Å². The van der Waals surface area contributed by atoms with Crippen molar-refractivity contribution in [3.63, 3.8) is 0 Å². The molecule has 1 rings (SSSR count). The number of phenols is 1. The first-order chi connectivity index (χ1) is 12.2. The molecule has 0 heterocycles. The van der Waals surface area contributed by atoms with E-state index < -0.39 is 5.97 Å². The van der Waals surface area contributed by atoms with Gasteiger partial charge in [0.25, 0.3) is 0 Å². The van der Waals surface area contributed by atoms with E-state index in [0.717, 1.165) is 12.8 Å². The van der Waals surface area contributed by atoms with E-state index in [1.54, 1.807) is 18.2 Å². The Morgan fingerprint density at radius 3 is 2.04 bits per heavy atom. The molecular weight excluding hydrogens is 312 g/mol. The first-order valence-corrected chi connectivity index (χ1v) is 9.88. The second kappa shape index (κ2) is 13.5. The average Bonchev–Trinajstić information content (AvgIpc) is 2.58. The van der Waals surface area contributed by atoms with Gasteiger partial charge in [-0.1, -0.05) is 95.4 Å². The maximum atomic E-state index is 11.2. The summed E-state index contributed by atoms with van der Waals surface area (Å²) in [6.45, 7) is 2.25. The van der Waals surface area contributed by atoms with Crippen LogP contribution in [0.3, 0.4) is 0 Å². The van der Waals surface area contributed by atoms with Crippen molar-refractivity contribution >= 4 is 12.0 Å². The van der Waals surface area contributed by atoms with Crippen molar-refractivity contribution in [3.05, 3.63) is 35.4 Å². The van der Waals surface area contributed by atoms with Crippen LogP contribution in [0.15, 0.2) is 24.3 Å². The van der Waals surface area contributed by atoms with Gasteiger partial charge in [-0.05, 0) is 24.5 Å². The Morgan fingerprint density at radius 1 is 0.920 bits per heavy atom. The third kappa shape index (κ3) is 9.33. The van der Waals surface area contributed by atoms with Gasteiger partial charge in [0.1, 0.15) is 11.3 Å². The van der Waals surface area contributed by atoms with Crippen LogP contribution in [0.4, 0.5) is 0 Å². The van der Waals surface area contributed by atoms with Crippen LogP contribution in [0.5, 0.6) is 5.75 Å². The standard InChI is InChI=1S/C22H34O3/c1-2-3-4-5-6-7-8-9-10-11-12-13-14-16-19-17-15-18-20(23)21(19)22(24)25/h14-18,23H,2-13H2,1H3,(H,24,25). The van der Waals surface area contributed by atoms with Crippen LogP contribution in [0.2, 0.25) is 0 Å². The zero-order valence-corrected chi connectivity index (χ0v) is 15.7. The lowest BCUT2D eigenvalue weighted by Gasteiger charge is -2.03. The van der Waals surface area contributed by atoms with Crippen LogP contribution in [0.1, 0.15) is 99.9 Å². The summed E-state index contributed by atoms with van der Waals surface area (Å²) in [6, 6.07) is 4.80. The number of unbranched alkanes of at least 4 members (excludes halogenated alkanes) is 11. The zero-order valence-electron chi connectivity index (χ0n) is 15.7. The van der Waals surface area contributed by atoms with E-state index in [0.29, 0.717) is 5.56 Å². The van der Waals surface area contributed by atoms with E-state index in [1.807, 2.05) is 6.08 Å². The van der Waals surface area contributed by atoms with Crippen LogP contribution in [0.25, 0.3) is 6.08 Å². The van der Waals surface area contributed by atoms with Gasteiger partial charge in [0.2, 0.25) is 0 Å². The predicted octanol–water partition coefficient (Wildman–Crippen LogP) is 6.80. The molecule has 0 radical (unpaired) electrons. The van der Waals surface area contributed by atoms with Gasteiger partial charge in [0.15, 0.2) is 0 Å². The Kier molecular flexibility index (Phi) is 11.5. The lowest BCUT2D eigenvalue weighted by Crippen LogP contribution is -1.99. The molecule has 2 N–H and O–H groups in total. The molecule has 3 heteroatoms. The number of hydrogen-bond donors (Lipinski definition) is 2. The number of benzene rings is 1. The minimum absolute atomic E-state index is 0.0160. The number of aromatic carboxylic acids is 1. The SMILES string of the molecule is CCCCCCCCCCCCCC=Cc1cccc(O)c1C(=O)O. The maximum absolute atomic E-state index is 11.2. The van der Waals surface area contributed by atoms with Crippen molar-refractivity contribution in [1.29, 1.82) is 0 Å². The zero-order chi connectivity index (χ0) is 18.3. The molecule has 3 nitrogen and oxygen atoms in total. The first-order valence-electron chi connectivity index (χ1n) is 9.88. The van der Waals surface area contributed by atoms with Crippen LogP contribution >= 0.6 is 0 Å². The number of carbonyl (C=O) groups is 1. The van der Waals surface area contributed by atoms with Crippen molar-refractivity contribution in [1.82, 2.24) is 0 Å². The van der Waals surface area contributed by atoms with E-state index in [-0.39, 0.29) is 11.3 Å². The molecule has 0 aliphatic carbocycles. The molecular formula is C22H34O3. The number of allylic oxidation sites excluding steroid dienone is 1. The molecule has 0 aromatic heterocycles. The number of aromatic hydroxyl groups is 1. The highest BCUT2D eigenvalue weighted by Gasteiger charge is 2.12. The second-order valence-corrected chi connectivity index (χ2v) is 6.77. The summed E-state index contributed by atoms with van der Waals surface area (Å²) >= 11 is 0. The van der Waals surface area contributed by atoms with E-state index >= 15 is 0 Å². The van der Waals surface area contributed by atoms with Crippen molar-refractivity contribution in [2.75, 3.05) is 0 Å². The number of carboxylic acid groups (broad SMARTS) is 1. The Bertz CT molecular complexity index is 520. The summed E-state index contributed by atoms with van der Waals surface area (Å²) in [6.07, 6.45) is 19.3. The highest BCUT2D eigenvalue weighted by Crippen LogP contribution is 2.22. The fourth-order valence-electron chi connectivity index (χ4n) is 3.07. The van der Waals surface area contributed by atoms with Crippen LogP contribution in [-0.2, 0) is 0 Å². The smallest absolute Gasteiger partial charge is 0.340 e. The van der Waals surface area contributed by atoms with Gasteiger partial charge in [0, 0.05) is 0 Å². The minimum atomic E-state index is -1.09. The molecule has 0 fully saturated rings. The highest BCUT2D eigenvalue weighted by molar-refractivity contribution is 5.95. The van der Waals surface area contributed by atoms with Gasteiger partial charge in [-0.15, -0.1) is 0 Å².